The molecule has 0 radical (unpaired) electrons. The van der Waals surface area contributed by atoms with Crippen LogP contribution in [0.1, 0.15) is 25.3 Å². The highest BCUT2D eigenvalue weighted by Crippen LogP contribution is 2.44. The number of pyridine rings is 1. The van der Waals surface area contributed by atoms with Crippen molar-refractivity contribution in [3.05, 3.63) is 38.2 Å². The molecule has 6 nitrogen and oxygen atoms in total. The van der Waals surface area contributed by atoms with Crippen molar-refractivity contribution in [3.63, 3.8) is 0 Å². The molecule has 0 atom stereocenters. The molecule has 1 aromatic carbocycles. The molecule has 0 aliphatic heterocycles. The Hall–Kier alpha value is -1.77. The van der Waals surface area contributed by atoms with Crippen molar-refractivity contribution >= 4 is 50.9 Å². The van der Waals surface area contributed by atoms with Gasteiger partial charge in [0.25, 0.3) is 0 Å². The molecule has 1 heterocycles. The number of anilines is 1. The average Bonchev–Trinajstić information content (AvgIpc) is 2.61. The number of nitrogens with zero attached hydrogens (tertiary/aromatic N) is 1. The molecule has 0 saturated carbocycles. The molecule has 1 aromatic heterocycles. The van der Waals surface area contributed by atoms with Gasteiger partial charge >= 0.3 is 5.97 Å². The second kappa shape index (κ2) is 8.95. The summed E-state index contributed by atoms with van der Waals surface area (Å²) in [6.07, 6.45) is 0. The zero-order valence-electron chi connectivity index (χ0n) is 14.6. The van der Waals surface area contributed by atoms with Crippen LogP contribution < -0.4 is 14.8 Å². The van der Waals surface area contributed by atoms with Crippen molar-refractivity contribution in [1.29, 1.82) is 0 Å². The molecule has 0 aliphatic carbocycles. The van der Waals surface area contributed by atoms with Gasteiger partial charge in [-0.3, -0.25) is 4.79 Å². The van der Waals surface area contributed by atoms with Gasteiger partial charge in [-0.15, -0.1) is 0 Å². The molecule has 2 N–H and O–H groups in total. The first-order chi connectivity index (χ1) is 12.6. The lowest BCUT2D eigenvalue weighted by molar-refractivity contribution is -0.134. The Balaban J connectivity index is 2.50. The van der Waals surface area contributed by atoms with Gasteiger partial charge in [0.05, 0.1) is 11.6 Å². The Morgan fingerprint density at radius 3 is 2.56 bits per heavy atom. The number of aliphatic carboxylic acids is 1. The van der Waals surface area contributed by atoms with Crippen molar-refractivity contribution in [2.75, 3.05) is 19.0 Å². The van der Waals surface area contributed by atoms with Crippen LogP contribution in [0, 0.1) is 5.95 Å². The largest absolute Gasteiger partial charge is 0.496 e. The van der Waals surface area contributed by atoms with Crippen LogP contribution in [0.3, 0.4) is 0 Å². The zero-order chi connectivity index (χ0) is 20.3. The van der Waals surface area contributed by atoms with E-state index in [1.165, 1.54) is 0 Å². The summed E-state index contributed by atoms with van der Waals surface area (Å²) in [5.74, 6) is -1.46. The maximum atomic E-state index is 14.1. The van der Waals surface area contributed by atoms with Crippen LogP contribution in [0.25, 0.3) is 0 Å². The predicted molar refractivity (Wildman–Crippen MR) is 105 cm³/mol. The lowest BCUT2D eigenvalue weighted by Crippen LogP contribution is -2.14. The average molecular weight is 482 g/mol. The first kappa shape index (κ1) is 21.5. The summed E-state index contributed by atoms with van der Waals surface area (Å²) in [5, 5.41) is 10.6. The van der Waals surface area contributed by atoms with E-state index in [1.807, 2.05) is 13.8 Å². The summed E-state index contributed by atoms with van der Waals surface area (Å²) in [6, 6.07) is 3.44. The monoisotopic (exact) mass is 480 g/mol. The van der Waals surface area contributed by atoms with Gasteiger partial charge in [-0.1, -0.05) is 37.0 Å². The maximum absolute atomic E-state index is 14.1. The molecule has 0 saturated heterocycles. The highest BCUT2D eigenvalue weighted by Gasteiger charge is 2.22. The SMILES string of the molecule is COc1cc(Br)c(Oc2c(Cl)c(F)nc(NCC(=O)O)c2Cl)cc1C(C)C. The van der Waals surface area contributed by atoms with Gasteiger partial charge in [0, 0.05) is 5.56 Å². The van der Waals surface area contributed by atoms with E-state index in [0.717, 1.165) is 5.56 Å². The number of nitrogens with one attached hydrogen (secondary N) is 1. The van der Waals surface area contributed by atoms with E-state index in [1.54, 1.807) is 19.2 Å². The summed E-state index contributed by atoms with van der Waals surface area (Å²) in [7, 11) is 1.56. The van der Waals surface area contributed by atoms with Gasteiger partial charge < -0.3 is 19.9 Å². The zero-order valence-corrected chi connectivity index (χ0v) is 17.7. The summed E-state index contributed by atoms with van der Waals surface area (Å²) in [5.41, 5.74) is 0.863. The normalized spacial score (nSPS) is 10.8. The summed E-state index contributed by atoms with van der Waals surface area (Å²) < 4.78 is 25.7. The van der Waals surface area contributed by atoms with Crippen LogP contribution in [-0.4, -0.2) is 29.7 Å². The molecule has 0 aliphatic rings. The Labute approximate surface area is 173 Å². The number of benzene rings is 1. The van der Waals surface area contributed by atoms with E-state index in [2.05, 4.69) is 26.2 Å². The van der Waals surface area contributed by atoms with Crippen LogP contribution >= 0.6 is 39.1 Å². The van der Waals surface area contributed by atoms with Crippen LogP contribution in [0.5, 0.6) is 17.2 Å². The number of rotatable bonds is 7. The number of carbonyl (C=O) groups is 1. The third kappa shape index (κ3) is 4.94. The molecular formula is C17H16BrCl2FN2O4. The van der Waals surface area contributed by atoms with E-state index in [4.69, 9.17) is 37.8 Å². The predicted octanol–water partition coefficient (Wildman–Crippen LogP) is 5.71. The van der Waals surface area contributed by atoms with Crippen LogP contribution in [0.15, 0.2) is 16.6 Å². The van der Waals surface area contributed by atoms with Crippen molar-refractivity contribution < 1.29 is 23.8 Å². The number of methoxy groups -OCH3 is 1. The second-order valence-corrected chi connectivity index (χ2v) is 7.35. The molecule has 2 aromatic rings. The Bertz CT molecular complexity index is 881. The molecule has 2 rings (SSSR count). The standard InChI is InChI=1S/C17H16BrCl2FN2O4/c1-7(2)8-4-11(9(18)5-10(8)26-3)27-15-13(19)16(21)23-17(14(15)20)22-6-12(24)25/h4-5,7H,6H2,1-3H3,(H,22,23)(H,24,25). The Morgan fingerprint density at radius 1 is 1.33 bits per heavy atom. The lowest BCUT2D eigenvalue weighted by Gasteiger charge is -2.18. The van der Waals surface area contributed by atoms with Crippen molar-refractivity contribution in [3.8, 4) is 17.2 Å². The number of carboxylic acid groups (broad SMARTS) is 1. The topological polar surface area (TPSA) is 80.7 Å². The first-order valence-corrected chi connectivity index (χ1v) is 9.26. The summed E-state index contributed by atoms with van der Waals surface area (Å²) in [6.45, 7) is 3.46. The third-order valence-electron chi connectivity index (χ3n) is 3.52. The van der Waals surface area contributed by atoms with E-state index in [-0.39, 0.29) is 22.5 Å². The fourth-order valence-corrected chi connectivity index (χ4v) is 3.10. The summed E-state index contributed by atoms with van der Waals surface area (Å²) in [4.78, 5) is 14.2. The van der Waals surface area contributed by atoms with Crippen molar-refractivity contribution in [2.45, 2.75) is 19.8 Å². The van der Waals surface area contributed by atoms with Gasteiger partial charge in [-0.25, -0.2) is 0 Å². The second-order valence-electron chi connectivity index (χ2n) is 5.74. The lowest BCUT2D eigenvalue weighted by atomic mass is 10.0. The Morgan fingerprint density at radius 2 is 2.00 bits per heavy atom. The minimum Gasteiger partial charge on any atom is -0.496 e. The van der Waals surface area contributed by atoms with Gasteiger partial charge in [-0.2, -0.15) is 9.37 Å². The fourth-order valence-electron chi connectivity index (χ4n) is 2.23. The fraction of sp³-hybridized carbons (Fsp3) is 0.294. The van der Waals surface area contributed by atoms with E-state index < -0.39 is 23.5 Å². The molecule has 0 unspecified atom stereocenters. The number of halogens is 4. The number of hydrogen-bond acceptors (Lipinski definition) is 5. The maximum Gasteiger partial charge on any atom is 0.322 e. The molecule has 146 valence electrons. The molecule has 0 spiro atoms. The Kier molecular flexibility index (Phi) is 7.13. The van der Waals surface area contributed by atoms with E-state index in [9.17, 15) is 9.18 Å². The van der Waals surface area contributed by atoms with Gasteiger partial charge in [-0.05, 0) is 34.0 Å². The molecule has 10 heteroatoms. The van der Waals surface area contributed by atoms with Crippen LogP contribution in [0.2, 0.25) is 10.0 Å². The van der Waals surface area contributed by atoms with E-state index >= 15 is 0 Å². The number of carboxylic acids is 1. The van der Waals surface area contributed by atoms with Gasteiger partial charge in [0.1, 0.15) is 28.1 Å². The van der Waals surface area contributed by atoms with Gasteiger partial charge in [0.15, 0.2) is 11.6 Å². The number of hydrogen-bond donors (Lipinski definition) is 2. The third-order valence-corrected chi connectivity index (χ3v) is 4.82. The van der Waals surface area contributed by atoms with Gasteiger partial charge in [0.2, 0.25) is 5.95 Å². The summed E-state index contributed by atoms with van der Waals surface area (Å²) >= 11 is 15.5. The minimum absolute atomic E-state index is 0.128. The van der Waals surface area contributed by atoms with E-state index in [0.29, 0.717) is 16.0 Å². The molecule has 0 bridgehead atoms. The van der Waals surface area contributed by atoms with Crippen LogP contribution in [0.4, 0.5) is 10.2 Å². The molecule has 27 heavy (non-hydrogen) atoms. The van der Waals surface area contributed by atoms with Crippen molar-refractivity contribution in [1.82, 2.24) is 4.98 Å². The van der Waals surface area contributed by atoms with Crippen LogP contribution in [-0.2, 0) is 4.79 Å². The minimum atomic E-state index is -1.16. The molecule has 0 amide bonds. The smallest absolute Gasteiger partial charge is 0.322 e. The number of aromatic nitrogens is 1. The highest BCUT2D eigenvalue weighted by molar-refractivity contribution is 9.10. The molecule has 0 fully saturated rings. The first-order valence-electron chi connectivity index (χ1n) is 7.71. The quantitative estimate of drug-likeness (QED) is 0.493. The number of ether oxygens (including phenoxy) is 2. The molecular weight excluding hydrogens is 466 g/mol. The highest BCUT2D eigenvalue weighted by atomic mass is 79.9. The van der Waals surface area contributed by atoms with Crippen molar-refractivity contribution in [2.24, 2.45) is 0 Å².